The first-order valence-electron chi connectivity index (χ1n) is 6.51. The third-order valence-corrected chi connectivity index (χ3v) is 4.25. The average molecular weight is 267 g/mol. The molecule has 1 fully saturated rings. The molecule has 0 bridgehead atoms. The van der Waals surface area contributed by atoms with Crippen LogP contribution in [-0.4, -0.2) is 36.2 Å². The van der Waals surface area contributed by atoms with Crippen LogP contribution in [0, 0.1) is 0 Å². The topological polar surface area (TPSA) is 41.5 Å². The van der Waals surface area contributed by atoms with Gasteiger partial charge < -0.3 is 15.2 Å². The van der Waals surface area contributed by atoms with Crippen molar-refractivity contribution >= 4 is 17.4 Å². The number of benzene rings is 1. The SMILES string of the molecule is CC1OCCC1Nc1ccc(SCCCO)cc1. The molecule has 0 saturated carbocycles. The van der Waals surface area contributed by atoms with Crippen molar-refractivity contribution < 1.29 is 9.84 Å². The first-order chi connectivity index (χ1) is 8.79. The third kappa shape index (κ3) is 3.90. The van der Waals surface area contributed by atoms with Gasteiger partial charge in [0.05, 0.1) is 12.1 Å². The molecule has 0 aliphatic carbocycles. The van der Waals surface area contributed by atoms with E-state index >= 15 is 0 Å². The second-order valence-corrected chi connectivity index (χ2v) is 5.73. The van der Waals surface area contributed by atoms with Gasteiger partial charge in [-0.2, -0.15) is 0 Å². The van der Waals surface area contributed by atoms with Crippen molar-refractivity contribution in [3.63, 3.8) is 0 Å². The quantitative estimate of drug-likeness (QED) is 0.614. The molecule has 0 amide bonds. The van der Waals surface area contributed by atoms with Gasteiger partial charge >= 0.3 is 0 Å². The van der Waals surface area contributed by atoms with Crippen LogP contribution in [0.4, 0.5) is 5.69 Å². The van der Waals surface area contributed by atoms with Crippen LogP contribution >= 0.6 is 11.8 Å². The predicted octanol–water partition coefficient (Wildman–Crippen LogP) is 2.75. The van der Waals surface area contributed by atoms with E-state index in [4.69, 9.17) is 9.84 Å². The lowest BCUT2D eigenvalue weighted by Gasteiger charge is -2.17. The zero-order valence-corrected chi connectivity index (χ0v) is 11.6. The van der Waals surface area contributed by atoms with Crippen molar-refractivity contribution in [2.45, 2.75) is 36.8 Å². The highest BCUT2D eigenvalue weighted by atomic mass is 32.2. The largest absolute Gasteiger partial charge is 0.396 e. The van der Waals surface area contributed by atoms with Gasteiger partial charge in [-0.1, -0.05) is 0 Å². The van der Waals surface area contributed by atoms with Crippen LogP contribution in [0.1, 0.15) is 19.8 Å². The Bertz CT molecular complexity index is 355. The van der Waals surface area contributed by atoms with Crippen molar-refractivity contribution in [1.29, 1.82) is 0 Å². The van der Waals surface area contributed by atoms with E-state index in [2.05, 4.69) is 36.5 Å². The Morgan fingerprint density at radius 3 is 2.78 bits per heavy atom. The second kappa shape index (κ2) is 7.02. The van der Waals surface area contributed by atoms with E-state index in [9.17, 15) is 0 Å². The summed E-state index contributed by atoms with van der Waals surface area (Å²) in [4.78, 5) is 1.25. The van der Waals surface area contributed by atoms with Crippen LogP contribution < -0.4 is 5.32 Å². The molecular weight excluding hydrogens is 246 g/mol. The third-order valence-electron chi connectivity index (χ3n) is 3.15. The Balaban J connectivity index is 1.83. The van der Waals surface area contributed by atoms with Gasteiger partial charge in [0.2, 0.25) is 0 Å². The summed E-state index contributed by atoms with van der Waals surface area (Å²) in [6.07, 6.45) is 2.22. The number of hydrogen-bond donors (Lipinski definition) is 2. The van der Waals surface area contributed by atoms with Crippen LogP contribution in [0.5, 0.6) is 0 Å². The predicted molar refractivity (Wildman–Crippen MR) is 76.3 cm³/mol. The lowest BCUT2D eigenvalue weighted by molar-refractivity contribution is 0.121. The molecule has 2 unspecified atom stereocenters. The van der Waals surface area contributed by atoms with Gasteiger partial charge in [0.1, 0.15) is 0 Å². The number of rotatable bonds is 6. The fourth-order valence-electron chi connectivity index (χ4n) is 2.04. The van der Waals surface area contributed by atoms with E-state index in [1.54, 1.807) is 11.8 Å². The summed E-state index contributed by atoms with van der Waals surface area (Å²) >= 11 is 1.78. The van der Waals surface area contributed by atoms with Gasteiger partial charge in [-0.25, -0.2) is 0 Å². The van der Waals surface area contributed by atoms with E-state index in [1.165, 1.54) is 4.90 Å². The van der Waals surface area contributed by atoms with Crippen molar-refractivity contribution in [1.82, 2.24) is 0 Å². The Morgan fingerprint density at radius 2 is 2.17 bits per heavy atom. The van der Waals surface area contributed by atoms with Gasteiger partial charge in [-0.3, -0.25) is 0 Å². The summed E-state index contributed by atoms with van der Waals surface area (Å²) in [6.45, 7) is 3.24. The molecule has 1 aliphatic rings. The van der Waals surface area contributed by atoms with Gasteiger partial charge in [0.25, 0.3) is 0 Å². The monoisotopic (exact) mass is 267 g/mol. The second-order valence-electron chi connectivity index (χ2n) is 4.57. The van der Waals surface area contributed by atoms with Crippen molar-refractivity contribution in [3.8, 4) is 0 Å². The average Bonchev–Trinajstić information content (AvgIpc) is 2.78. The smallest absolute Gasteiger partial charge is 0.0748 e. The minimum atomic E-state index is 0.270. The van der Waals surface area contributed by atoms with Gasteiger partial charge in [0, 0.05) is 29.5 Å². The first kappa shape index (κ1) is 13.7. The zero-order valence-electron chi connectivity index (χ0n) is 10.8. The first-order valence-corrected chi connectivity index (χ1v) is 7.50. The Hall–Kier alpha value is -0.710. The van der Waals surface area contributed by atoms with Crippen LogP contribution in [0.25, 0.3) is 0 Å². The minimum Gasteiger partial charge on any atom is -0.396 e. The van der Waals surface area contributed by atoms with Crippen LogP contribution in [0.15, 0.2) is 29.2 Å². The molecule has 0 aromatic heterocycles. The molecule has 2 rings (SSSR count). The maximum Gasteiger partial charge on any atom is 0.0748 e. The highest BCUT2D eigenvalue weighted by Crippen LogP contribution is 2.23. The number of hydrogen-bond acceptors (Lipinski definition) is 4. The highest BCUT2D eigenvalue weighted by molar-refractivity contribution is 7.99. The standard InChI is InChI=1S/C14H21NO2S/c1-11-14(7-9-17-11)15-12-3-5-13(6-4-12)18-10-2-8-16/h3-6,11,14-16H,2,7-10H2,1H3. The molecule has 2 atom stereocenters. The lowest BCUT2D eigenvalue weighted by Crippen LogP contribution is -2.26. The normalized spacial score (nSPS) is 23.2. The van der Waals surface area contributed by atoms with Crippen LogP contribution in [0.3, 0.4) is 0 Å². The number of ether oxygens (including phenoxy) is 1. The molecule has 100 valence electrons. The molecule has 1 heterocycles. The highest BCUT2D eigenvalue weighted by Gasteiger charge is 2.23. The molecule has 18 heavy (non-hydrogen) atoms. The number of nitrogens with one attached hydrogen (secondary N) is 1. The van der Waals surface area contributed by atoms with Gasteiger partial charge in [-0.05, 0) is 44.0 Å². The molecule has 0 spiro atoms. The summed E-state index contributed by atoms with van der Waals surface area (Å²) in [6, 6.07) is 8.92. The van der Waals surface area contributed by atoms with E-state index in [0.29, 0.717) is 12.1 Å². The molecule has 1 saturated heterocycles. The molecule has 2 N–H and O–H groups in total. The Labute approximate surface area is 113 Å². The van der Waals surface area contributed by atoms with Crippen LogP contribution in [-0.2, 0) is 4.74 Å². The fraction of sp³-hybridized carbons (Fsp3) is 0.571. The molecule has 3 nitrogen and oxygen atoms in total. The van der Waals surface area contributed by atoms with Crippen LogP contribution in [0.2, 0.25) is 0 Å². The molecular formula is C14H21NO2S. The molecule has 4 heteroatoms. The van der Waals surface area contributed by atoms with Gasteiger partial charge in [-0.15, -0.1) is 11.8 Å². The number of aliphatic hydroxyl groups is 1. The maximum atomic E-state index is 8.74. The Morgan fingerprint density at radius 1 is 1.39 bits per heavy atom. The number of anilines is 1. The molecule has 1 aliphatic heterocycles. The molecule has 1 aromatic carbocycles. The number of thioether (sulfide) groups is 1. The van der Waals surface area contributed by atoms with Crippen molar-refractivity contribution in [2.75, 3.05) is 24.3 Å². The summed E-state index contributed by atoms with van der Waals surface area (Å²) in [5, 5.41) is 12.2. The van der Waals surface area contributed by atoms with Crippen molar-refractivity contribution in [3.05, 3.63) is 24.3 Å². The van der Waals surface area contributed by atoms with Crippen molar-refractivity contribution in [2.24, 2.45) is 0 Å². The van der Waals surface area contributed by atoms with E-state index in [-0.39, 0.29) is 6.61 Å². The minimum absolute atomic E-state index is 0.270. The summed E-state index contributed by atoms with van der Waals surface area (Å²) in [5.74, 6) is 0.969. The summed E-state index contributed by atoms with van der Waals surface area (Å²) in [7, 11) is 0. The zero-order chi connectivity index (χ0) is 12.8. The molecule has 1 aromatic rings. The van der Waals surface area contributed by atoms with Gasteiger partial charge in [0.15, 0.2) is 0 Å². The lowest BCUT2D eigenvalue weighted by atomic mass is 10.1. The summed E-state index contributed by atoms with van der Waals surface area (Å²) < 4.78 is 5.54. The van der Waals surface area contributed by atoms with E-state index < -0.39 is 0 Å². The number of aliphatic hydroxyl groups excluding tert-OH is 1. The Kier molecular flexibility index (Phi) is 5.35. The van der Waals surface area contributed by atoms with E-state index in [0.717, 1.165) is 30.9 Å². The van der Waals surface area contributed by atoms with E-state index in [1.807, 2.05) is 0 Å². The maximum absolute atomic E-state index is 8.74. The summed E-state index contributed by atoms with van der Waals surface area (Å²) in [5.41, 5.74) is 1.16. The molecule has 0 radical (unpaired) electrons. The fourth-order valence-corrected chi connectivity index (χ4v) is 2.87.